The summed E-state index contributed by atoms with van der Waals surface area (Å²) in [6.07, 6.45) is -1.42. The van der Waals surface area contributed by atoms with Crippen molar-refractivity contribution in [2.24, 2.45) is 0 Å². The second-order valence-electron chi connectivity index (χ2n) is 4.05. The molecule has 0 rings (SSSR count). The Morgan fingerprint density at radius 3 is 2.52 bits per heavy atom. The third-order valence-electron chi connectivity index (χ3n) is 2.63. The van der Waals surface area contributed by atoms with E-state index in [1.54, 1.807) is 0 Å². The van der Waals surface area contributed by atoms with Gasteiger partial charge >= 0.3 is 11.9 Å². The van der Waals surface area contributed by atoms with E-state index in [9.17, 15) is 9.59 Å². The van der Waals surface area contributed by atoms with E-state index in [0.717, 1.165) is 0 Å². The Morgan fingerprint density at radius 2 is 2.05 bits per heavy atom. The summed E-state index contributed by atoms with van der Waals surface area (Å²) < 4.78 is 14.8. The Bertz CT molecular complexity index is 438. The standard InChI is InChI=1S/C12H21N2O5PS/c1-4-20(21,19-9-5-8-13)14-10(12(16)18-3)6-7-11(15)17-2/h10H,4-7,9H2,1-3H3,(H,14,21)/t10-,20?/m0/s1. The molecule has 0 saturated heterocycles. The van der Waals surface area contributed by atoms with Crippen LogP contribution in [0.5, 0.6) is 0 Å². The highest BCUT2D eigenvalue weighted by Crippen LogP contribution is 2.43. The highest BCUT2D eigenvalue weighted by molar-refractivity contribution is 8.11. The number of hydrogen-bond donors (Lipinski definition) is 1. The fourth-order valence-corrected chi connectivity index (χ4v) is 3.58. The van der Waals surface area contributed by atoms with E-state index in [-0.39, 0.29) is 25.9 Å². The minimum atomic E-state index is -2.44. The summed E-state index contributed by atoms with van der Waals surface area (Å²) >= 11 is 5.41. The number of rotatable bonds is 10. The molecule has 21 heavy (non-hydrogen) atoms. The second-order valence-corrected chi connectivity index (χ2v) is 8.32. The van der Waals surface area contributed by atoms with Gasteiger partial charge in [-0.2, -0.15) is 5.26 Å². The van der Waals surface area contributed by atoms with Crippen LogP contribution in [0.15, 0.2) is 0 Å². The van der Waals surface area contributed by atoms with Crippen LogP contribution < -0.4 is 5.09 Å². The monoisotopic (exact) mass is 336 g/mol. The molecule has 0 bridgehead atoms. The molecule has 0 aliphatic rings. The molecule has 0 heterocycles. The molecule has 120 valence electrons. The number of nitrogens with zero attached hydrogens (tertiary/aromatic N) is 1. The maximum Gasteiger partial charge on any atom is 0.323 e. The highest BCUT2D eigenvalue weighted by atomic mass is 32.4. The van der Waals surface area contributed by atoms with E-state index in [1.807, 2.05) is 13.0 Å². The number of carbonyl (C=O) groups is 2. The van der Waals surface area contributed by atoms with Gasteiger partial charge in [0, 0.05) is 12.6 Å². The van der Waals surface area contributed by atoms with E-state index in [2.05, 4.69) is 9.82 Å². The number of ether oxygens (including phenoxy) is 2. The summed E-state index contributed by atoms with van der Waals surface area (Å²) in [6, 6.07) is 1.23. The van der Waals surface area contributed by atoms with Crippen molar-refractivity contribution in [1.82, 2.24) is 5.09 Å². The Hall–Kier alpha value is -1.00. The fourth-order valence-electron chi connectivity index (χ4n) is 1.44. The molecule has 1 N–H and O–H groups in total. The zero-order chi connectivity index (χ0) is 16.3. The largest absolute Gasteiger partial charge is 0.469 e. The average molecular weight is 336 g/mol. The lowest BCUT2D eigenvalue weighted by atomic mass is 10.2. The first-order valence-electron chi connectivity index (χ1n) is 6.45. The molecule has 0 aromatic rings. The van der Waals surface area contributed by atoms with Crippen molar-refractivity contribution in [3.05, 3.63) is 0 Å². The number of nitriles is 1. The van der Waals surface area contributed by atoms with Gasteiger partial charge in [-0.15, -0.1) is 0 Å². The van der Waals surface area contributed by atoms with Crippen molar-refractivity contribution in [3.8, 4) is 6.07 Å². The van der Waals surface area contributed by atoms with Gasteiger partial charge in [0.15, 0.2) is 0 Å². The molecule has 0 amide bonds. The molecular formula is C12H21N2O5PS. The van der Waals surface area contributed by atoms with Crippen LogP contribution in [0.25, 0.3) is 0 Å². The van der Waals surface area contributed by atoms with Crippen LogP contribution in [0.4, 0.5) is 0 Å². The number of methoxy groups -OCH3 is 2. The van der Waals surface area contributed by atoms with E-state index >= 15 is 0 Å². The van der Waals surface area contributed by atoms with Crippen LogP contribution in [0.1, 0.15) is 26.2 Å². The molecular weight excluding hydrogens is 315 g/mol. The van der Waals surface area contributed by atoms with Gasteiger partial charge in [-0.25, -0.2) is 0 Å². The topological polar surface area (TPSA) is 97.7 Å². The Kier molecular flexibility index (Phi) is 10.2. The second kappa shape index (κ2) is 10.7. The molecule has 0 spiro atoms. The molecule has 0 saturated carbocycles. The summed E-state index contributed by atoms with van der Waals surface area (Å²) in [5.41, 5.74) is 0. The molecule has 0 aromatic heterocycles. The molecule has 9 heteroatoms. The first-order chi connectivity index (χ1) is 9.92. The molecule has 0 aliphatic heterocycles. The molecule has 7 nitrogen and oxygen atoms in total. The van der Waals surface area contributed by atoms with Crippen molar-refractivity contribution in [2.75, 3.05) is 27.0 Å². The number of carbonyl (C=O) groups excluding carboxylic acids is 2. The van der Waals surface area contributed by atoms with Gasteiger partial charge in [0.2, 0.25) is 0 Å². The Labute approximate surface area is 130 Å². The highest BCUT2D eigenvalue weighted by Gasteiger charge is 2.27. The van der Waals surface area contributed by atoms with Crippen LogP contribution in [-0.2, 0) is 35.4 Å². The van der Waals surface area contributed by atoms with Crippen LogP contribution in [0, 0.1) is 11.3 Å². The van der Waals surface area contributed by atoms with Crippen molar-refractivity contribution in [2.45, 2.75) is 32.2 Å². The molecule has 0 fully saturated rings. The van der Waals surface area contributed by atoms with Crippen LogP contribution in [-0.4, -0.2) is 45.0 Å². The first-order valence-corrected chi connectivity index (χ1v) is 9.36. The lowest BCUT2D eigenvalue weighted by Gasteiger charge is -2.26. The van der Waals surface area contributed by atoms with Crippen molar-refractivity contribution >= 4 is 30.2 Å². The predicted octanol–water partition coefficient (Wildman–Crippen LogP) is 1.33. The van der Waals surface area contributed by atoms with Crippen LogP contribution >= 0.6 is 6.42 Å². The van der Waals surface area contributed by atoms with E-state index in [0.29, 0.717) is 6.16 Å². The minimum absolute atomic E-state index is 0.0700. The fraction of sp³-hybridized carbons (Fsp3) is 0.750. The molecule has 0 aromatic carbocycles. The van der Waals surface area contributed by atoms with E-state index in [1.165, 1.54) is 14.2 Å². The summed E-state index contributed by atoms with van der Waals surface area (Å²) in [4.78, 5) is 23.0. The van der Waals surface area contributed by atoms with Gasteiger partial charge < -0.3 is 14.0 Å². The van der Waals surface area contributed by atoms with Gasteiger partial charge in [0.05, 0.1) is 33.3 Å². The van der Waals surface area contributed by atoms with Gasteiger partial charge in [-0.05, 0) is 6.42 Å². The summed E-state index contributed by atoms with van der Waals surface area (Å²) in [5, 5.41) is 11.5. The van der Waals surface area contributed by atoms with Gasteiger partial charge in [-0.3, -0.25) is 14.7 Å². The molecule has 1 unspecified atom stereocenters. The zero-order valence-corrected chi connectivity index (χ0v) is 14.2. The van der Waals surface area contributed by atoms with Crippen molar-refractivity contribution in [3.63, 3.8) is 0 Å². The number of nitrogens with one attached hydrogen (secondary N) is 1. The van der Waals surface area contributed by atoms with Gasteiger partial charge in [0.25, 0.3) is 0 Å². The summed E-state index contributed by atoms with van der Waals surface area (Å²) in [6.45, 7) is 2.05. The Morgan fingerprint density at radius 1 is 1.38 bits per heavy atom. The maximum atomic E-state index is 11.8. The maximum absolute atomic E-state index is 11.8. The third-order valence-corrected chi connectivity index (χ3v) is 6.18. The van der Waals surface area contributed by atoms with Crippen LogP contribution in [0.3, 0.4) is 0 Å². The quantitative estimate of drug-likeness (QED) is 0.362. The minimum Gasteiger partial charge on any atom is -0.469 e. The smallest absolute Gasteiger partial charge is 0.323 e. The summed E-state index contributed by atoms with van der Waals surface area (Å²) in [7, 11) is 2.55. The van der Waals surface area contributed by atoms with E-state index < -0.39 is 24.4 Å². The summed E-state index contributed by atoms with van der Waals surface area (Å²) in [5.74, 6) is -0.925. The SMILES string of the molecule is CCP(=S)(N[C@@H](CCC(=O)OC)C(=O)OC)OCCC#N. The van der Waals surface area contributed by atoms with Crippen LogP contribution in [0.2, 0.25) is 0 Å². The number of hydrogen-bond acceptors (Lipinski definition) is 7. The van der Waals surface area contributed by atoms with Gasteiger partial charge in [0.1, 0.15) is 12.5 Å². The number of esters is 2. The molecule has 0 radical (unpaired) electrons. The predicted molar refractivity (Wildman–Crippen MR) is 81.2 cm³/mol. The molecule has 2 atom stereocenters. The normalized spacial score (nSPS) is 14.6. The van der Waals surface area contributed by atoms with Gasteiger partial charge in [-0.1, -0.05) is 18.7 Å². The van der Waals surface area contributed by atoms with E-state index in [4.69, 9.17) is 26.3 Å². The van der Waals surface area contributed by atoms with Crippen molar-refractivity contribution in [1.29, 1.82) is 5.26 Å². The lowest BCUT2D eigenvalue weighted by Crippen LogP contribution is -2.37. The average Bonchev–Trinajstić information content (AvgIpc) is 2.50. The third kappa shape index (κ3) is 8.12. The first kappa shape index (κ1) is 20.0. The van der Waals surface area contributed by atoms with Crippen molar-refractivity contribution < 1.29 is 23.6 Å². The Balaban J connectivity index is 4.75. The molecule has 0 aliphatic carbocycles. The lowest BCUT2D eigenvalue weighted by molar-refractivity contribution is -0.144. The zero-order valence-electron chi connectivity index (χ0n) is 12.5.